The van der Waals surface area contributed by atoms with Crippen LogP contribution >= 0.6 is 23.2 Å². The van der Waals surface area contributed by atoms with Gasteiger partial charge in [0.15, 0.2) is 11.5 Å². The zero-order chi connectivity index (χ0) is 15.7. The van der Waals surface area contributed by atoms with Crippen LogP contribution < -0.4 is 14.8 Å². The van der Waals surface area contributed by atoms with Crippen LogP contribution in [0.1, 0.15) is 22.7 Å². The lowest BCUT2D eigenvalue weighted by Crippen LogP contribution is -2.30. The number of fused-ring (bicyclic) bond motifs is 1. The van der Waals surface area contributed by atoms with Crippen LogP contribution in [0.15, 0.2) is 30.3 Å². The SMILES string of the molecule is COc1cc2c(cc1OC)[C@@H](c1cccc(Cl)c1Cl)NCC2. The molecule has 1 atom stereocenters. The van der Waals surface area contributed by atoms with Gasteiger partial charge in [0.05, 0.1) is 30.3 Å². The average molecular weight is 338 g/mol. The van der Waals surface area contributed by atoms with Gasteiger partial charge in [0, 0.05) is 6.54 Å². The number of hydrogen-bond donors (Lipinski definition) is 1. The highest BCUT2D eigenvalue weighted by Gasteiger charge is 2.25. The molecule has 22 heavy (non-hydrogen) atoms. The third-order valence-corrected chi connectivity index (χ3v) is 4.83. The first kappa shape index (κ1) is 15.5. The Morgan fingerprint density at radius 1 is 1.05 bits per heavy atom. The Bertz CT molecular complexity index is 703. The van der Waals surface area contributed by atoms with Crippen LogP contribution in [0, 0.1) is 0 Å². The molecule has 0 saturated heterocycles. The molecule has 0 saturated carbocycles. The Morgan fingerprint density at radius 3 is 2.50 bits per heavy atom. The molecule has 0 unspecified atom stereocenters. The smallest absolute Gasteiger partial charge is 0.161 e. The molecule has 2 aromatic rings. The predicted molar refractivity (Wildman–Crippen MR) is 89.6 cm³/mol. The maximum Gasteiger partial charge on any atom is 0.161 e. The van der Waals surface area contributed by atoms with Crippen molar-refractivity contribution in [2.75, 3.05) is 20.8 Å². The third kappa shape index (κ3) is 2.65. The van der Waals surface area contributed by atoms with E-state index in [0.717, 1.165) is 29.8 Å². The monoisotopic (exact) mass is 337 g/mol. The molecule has 1 aliphatic heterocycles. The molecular weight excluding hydrogens is 321 g/mol. The van der Waals surface area contributed by atoms with Crippen molar-refractivity contribution in [3.63, 3.8) is 0 Å². The number of benzene rings is 2. The van der Waals surface area contributed by atoms with Crippen LogP contribution in [0.25, 0.3) is 0 Å². The number of rotatable bonds is 3. The van der Waals surface area contributed by atoms with Gasteiger partial charge in [-0.05, 0) is 41.3 Å². The molecule has 0 amide bonds. The van der Waals surface area contributed by atoms with Gasteiger partial charge < -0.3 is 14.8 Å². The minimum atomic E-state index is -0.00486. The predicted octanol–water partition coefficient (Wildman–Crippen LogP) is 4.25. The van der Waals surface area contributed by atoms with E-state index in [-0.39, 0.29) is 6.04 Å². The van der Waals surface area contributed by atoms with Crippen molar-refractivity contribution in [3.8, 4) is 11.5 Å². The first-order valence-electron chi connectivity index (χ1n) is 7.07. The van der Waals surface area contributed by atoms with Gasteiger partial charge in [0.1, 0.15) is 0 Å². The Labute approximate surface area is 140 Å². The van der Waals surface area contributed by atoms with Gasteiger partial charge in [-0.1, -0.05) is 35.3 Å². The Kier molecular flexibility index (Phi) is 4.48. The molecule has 0 aromatic heterocycles. The molecule has 116 valence electrons. The third-order valence-electron chi connectivity index (χ3n) is 3.99. The van der Waals surface area contributed by atoms with Crippen molar-refractivity contribution in [1.29, 1.82) is 0 Å². The standard InChI is InChI=1S/C17H17Cl2NO2/c1-21-14-8-10-6-7-20-17(12(10)9-15(14)22-2)11-4-3-5-13(18)16(11)19/h3-5,8-9,17,20H,6-7H2,1-2H3/t17-/m1/s1. The minimum absolute atomic E-state index is 0.00486. The average Bonchev–Trinajstić information content (AvgIpc) is 2.55. The van der Waals surface area contributed by atoms with Crippen molar-refractivity contribution in [1.82, 2.24) is 5.32 Å². The van der Waals surface area contributed by atoms with Crippen molar-refractivity contribution >= 4 is 23.2 Å². The van der Waals surface area contributed by atoms with Crippen LogP contribution in [0.5, 0.6) is 11.5 Å². The molecule has 1 N–H and O–H groups in total. The molecule has 0 fully saturated rings. The van der Waals surface area contributed by atoms with Crippen LogP contribution in [0.2, 0.25) is 10.0 Å². The quantitative estimate of drug-likeness (QED) is 0.908. The lowest BCUT2D eigenvalue weighted by molar-refractivity contribution is 0.353. The van der Waals surface area contributed by atoms with Crippen molar-refractivity contribution in [2.45, 2.75) is 12.5 Å². The molecule has 1 heterocycles. The first-order valence-corrected chi connectivity index (χ1v) is 7.83. The topological polar surface area (TPSA) is 30.5 Å². The molecule has 5 heteroatoms. The fourth-order valence-electron chi connectivity index (χ4n) is 2.90. The van der Waals surface area contributed by atoms with Gasteiger partial charge >= 0.3 is 0 Å². The lowest BCUT2D eigenvalue weighted by Gasteiger charge is -2.29. The van der Waals surface area contributed by atoms with E-state index < -0.39 is 0 Å². The summed E-state index contributed by atoms with van der Waals surface area (Å²) in [5.74, 6) is 1.46. The fraction of sp³-hybridized carbons (Fsp3) is 0.294. The molecule has 0 bridgehead atoms. The van der Waals surface area contributed by atoms with Crippen molar-refractivity contribution in [3.05, 3.63) is 57.1 Å². The highest BCUT2D eigenvalue weighted by Crippen LogP contribution is 2.40. The molecule has 0 radical (unpaired) electrons. The molecule has 0 aliphatic carbocycles. The first-order chi connectivity index (χ1) is 10.7. The summed E-state index contributed by atoms with van der Waals surface area (Å²) in [4.78, 5) is 0. The van der Waals surface area contributed by atoms with Gasteiger partial charge in [-0.3, -0.25) is 0 Å². The molecule has 1 aliphatic rings. The molecule has 3 rings (SSSR count). The van der Waals surface area contributed by atoms with Crippen molar-refractivity contribution in [2.24, 2.45) is 0 Å². The van der Waals surface area contributed by atoms with E-state index in [1.165, 1.54) is 5.56 Å². The fourth-order valence-corrected chi connectivity index (χ4v) is 3.32. The summed E-state index contributed by atoms with van der Waals surface area (Å²) in [5, 5.41) is 4.66. The maximum atomic E-state index is 6.40. The van der Waals surface area contributed by atoms with Gasteiger partial charge in [-0.15, -0.1) is 0 Å². The summed E-state index contributed by atoms with van der Waals surface area (Å²) in [5.41, 5.74) is 3.35. The molecular formula is C17H17Cl2NO2. The van der Waals surface area contributed by atoms with E-state index in [2.05, 4.69) is 5.32 Å². The minimum Gasteiger partial charge on any atom is -0.493 e. The zero-order valence-electron chi connectivity index (χ0n) is 12.5. The normalized spacial score (nSPS) is 17.0. The van der Waals surface area contributed by atoms with Gasteiger partial charge in [-0.25, -0.2) is 0 Å². The summed E-state index contributed by atoms with van der Waals surface area (Å²) in [6.07, 6.45) is 0.935. The number of nitrogens with one attached hydrogen (secondary N) is 1. The summed E-state index contributed by atoms with van der Waals surface area (Å²) >= 11 is 12.6. The molecule has 3 nitrogen and oxygen atoms in total. The Balaban J connectivity index is 2.13. The van der Waals surface area contributed by atoms with E-state index in [9.17, 15) is 0 Å². The summed E-state index contributed by atoms with van der Waals surface area (Å²) in [6.45, 7) is 0.871. The van der Waals surface area contributed by atoms with E-state index in [1.54, 1.807) is 20.3 Å². The van der Waals surface area contributed by atoms with E-state index in [4.69, 9.17) is 32.7 Å². The van der Waals surface area contributed by atoms with Crippen LogP contribution in [-0.2, 0) is 6.42 Å². The van der Waals surface area contributed by atoms with Gasteiger partial charge in [0.2, 0.25) is 0 Å². The summed E-state index contributed by atoms with van der Waals surface area (Å²) in [6, 6.07) is 9.77. The van der Waals surface area contributed by atoms with E-state index >= 15 is 0 Å². The summed E-state index contributed by atoms with van der Waals surface area (Å²) in [7, 11) is 3.29. The number of methoxy groups -OCH3 is 2. The van der Waals surface area contributed by atoms with E-state index in [1.807, 2.05) is 24.3 Å². The highest BCUT2D eigenvalue weighted by atomic mass is 35.5. The van der Waals surface area contributed by atoms with Gasteiger partial charge in [0.25, 0.3) is 0 Å². The number of halogens is 2. The second-order valence-corrected chi connectivity index (χ2v) is 5.97. The van der Waals surface area contributed by atoms with Crippen LogP contribution in [0.3, 0.4) is 0 Å². The van der Waals surface area contributed by atoms with E-state index in [0.29, 0.717) is 15.8 Å². The van der Waals surface area contributed by atoms with Crippen molar-refractivity contribution < 1.29 is 9.47 Å². The van der Waals surface area contributed by atoms with Crippen LogP contribution in [0.4, 0.5) is 0 Å². The largest absolute Gasteiger partial charge is 0.493 e. The second-order valence-electron chi connectivity index (χ2n) is 5.19. The maximum absolute atomic E-state index is 6.40. The Hall–Kier alpha value is -1.42. The number of hydrogen-bond acceptors (Lipinski definition) is 3. The molecule has 2 aromatic carbocycles. The second kappa shape index (κ2) is 6.37. The van der Waals surface area contributed by atoms with Gasteiger partial charge in [-0.2, -0.15) is 0 Å². The molecule has 0 spiro atoms. The van der Waals surface area contributed by atoms with Crippen LogP contribution in [-0.4, -0.2) is 20.8 Å². The zero-order valence-corrected chi connectivity index (χ0v) is 14.0. The Morgan fingerprint density at radius 2 is 1.77 bits per heavy atom. The highest BCUT2D eigenvalue weighted by molar-refractivity contribution is 6.42. The summed E-state index contributed by atoms with van der Waals surface area (Å²) < 4.78 is 10.8. The lowest BCUT2D eigenvalue weighted by atomic mass is 9.89. The number of ether oxygens (including phenoxy) is 2.